The summed E-state index contributed by atoms with van der Waals surface area (Å²) in [5.74, 6) is 0.242. The van der Waals surface area contributed by atoms with Crippen molar-refractivity contribution in [3.05, 3.63) is 11.1 Å². The molecule has 3 aliphatic rings. The Morgan fingerprint density at radius 2 is 1.47 bits per heavy atom. The van der Waals surface area contributed by atoms with Crippen molar-refractivity contribution >= 4 is 5.91 Å². The van der Waals surface area contributed by atoms with E-state index in [1.165, 1.54) is 11.1 Å². The molecule has 15 heavy (non-hydrogen) atoms. The number of piperidine rings is 1. The Bertz CT molecular complexity index is 445. The highest BCUT2D eigenvalue weighted by molar-refractivity contribution is 5.97. The van der Waals surface area contributed by atoms with Crippen molar-refractivity contribution in [2.24, 2.45) is 16.2 Å². The Kier molecular flexibility index (Phi) is 1.12. The van der Waals surface area contributed by atoms with Gasteiger partial charge in [0.1, 0.15) is 0 Å². The van der Waals surface area contributed by atoms with Crippen LogP contribution in [0.5, 0.6) is 0 Å². The first-order valence-electron chi connectivity index (χ1n) is 5.70. The zero-order valence-electron chi connectivity index (χ0n) is 10.4. The molecular formula is C13H19NO. The SMILES string of the molecule is CC1=C(C)[C@]2(C)NC(=O)[C@@]3(C)[C@@]1(C)[C@@]32C. The summed E-state index contributed by atoms with van der Waals surface area (Å²) in [4.78, 5) is 12.2. The molecule has 2 fully saturated rings. The monoisotopic (exact) mass is 205 g/mol. The van der Waals surface area contributed by atoms with Gasteiger partial charge in [0.25, 0.3) is 0 Å². The van der Waals surface area contributed by atoms with Gasteiger partial charge >= 0.3 is 0 Å². The van der Waals surface area contributed by atoms with Crippen molar-refractivity contribution in [1.82, 2.24) is 5.32 Å². The summed E-state index contributed by atoms with van der Waals surface area (Å²) in [6.45, 7) is 13.2. The zero-order chi connectivity index (χ0) is 11.4. The number of allylic oxidation sites excluding steroid dienone is 1. The first-order valence-corrected chi connectivity index (χ1v) is 5.70. The fourth-order valence-corrected chi connectivity index (χ4v) is 5.02. The van der Waals surface area contributed by atoms with Crippen LogP contribution in [0.25, 0.3) is 0 Å². The van der Waals surface area contributed by atoms with E-state index < -0.39 is 0 Å². The second kappa shape index (κ2) is 1.79. The number of nitrogens with one attached hydrogen (secondary N) is 1. The molecule has 1 amide bonds. The van der Waals surface area contributed by atoms with Gasteiger partial charge in [-0.2, -0.15) is 0 Å². The van der Waals surface area contributed by atoms with E-state index >= 15 is 0 Å². The predicted molar refractivity (Wildman–Crippen MR) is 59.2 cm³/mol. The second-order valence-corrected chi connectivity index (χ2v) is 6.20. The van der Waals surface area contributed by atoms with Crippen LogP contribution in [0.4, 0.5) is 0 Å². The van der Waals surface area contributed by atoms with Gasteiger partial charge in [0.15, 0.2) is 0 Å². The van der Waals surface area contributed by atoms with Gasteiger partial charge in [-0.1, -0.05) is 19.4 Å². The lowest BCUT2D eigenvalue weighted by Crippen LogP contribution is -2.47. The average Bonchev–Trinajstić information content (AvgIpc) is 2.48. The molecule has 3 rings (SSSR count). The first kappa shape index (κ1) is 9.44. The molecule has 82 valence electrons. The number of carbonyl (C=O) groups excluding carboxylic acids is 1. The molecule has 0 bridgehead atoms. The van der Waals surface area contributed by atoms with E-state index in [9.17, 15) is 4.79 Å². The van der Waals surface area contributed by atoms with Crippen molar-refractivity contribution in [2.75, 3.05) is 0 Å². The molecule has 0 aromatic heterocycles. The second-order valence-electron chi connectivity index (χ2n) is 6.20. The Labute approximate surface area is 91.1 Å². The van der Waals surface area contributed by atoms with Gasteiger partial charge in [0.2, 0.25) is 5.91 Å². The molecule has 0 unspecified atom stereocenters. The molecule has 1 aliphatic heterocycles. The summed E-state index contributed by atoms with van der Waals surface area (Å²) in [5, 5.41) is 3.21. The van der Waals surface area contributed by atoms with Gasteiger partial charge < -0.3 is 5.32 Å². The highest BCUT2D eigenvalue weighted by Crippen LogP contribution is 2.91. The molecule has 1 saturated heterocycles. The normalized spacial score (nSPS) is 60.8. The van der Waals surface area contributed by atoms with Crippen LogP contribution in [0, 0.1) is 16.2 Å². The van der Waals surface area contributed by atoms with Gasteiger partial charge in [0.05, 0.1) is 11.0 Å². The minimum Gasteiger partial charge on any atom is -0.346 e. The van der Waals surface area contributed by atoms with Crippen LogP contribution < -0.4 is 5.32 Å². The fourth-order valence-electron chi connectivity index (χ4n) is 5.02. The Morgan fingerprint density at radius 3 is 1.87 bits per heavy atom. The minimum atomic E-state index is -0.182. The van der Waals surface area contributed by atoms with Crippen molar-refractivity contribution in [1.29, 1.82) is 0 Å². The van der Waals surface area contributed by atoms with Gasteiger partial charge in [0, 0.05) is 10.8 Å². The summed E-state index contributed by atoms with van der Waals surface area (Å²) in [5.41, 5.74) is 2.67. The molecule has 0 aromatic carbocycles. The Balaban J connectivity index is 2.38. The summed E-state index contributed by atoms with van der Waals surface area (Å²) >= 11 is 0. The highest BCUT2D eigenvalue weighted by atomic mass is 16.2. The molecule has 0 aromatic rings. The third kappa shape index (κ3) is 0.458. The van der Waals surface area contributed by atoms with E-state index in [-0.39, 0.29) is 27.7 Å². The largest absolute Gasteiger partial charge is 0.346 e. The lowest BCUT2D eigenvalue weighted by atomic mass is 9.79. The fraction of sp³-hybridized carbons (Fsp3) is 0.769. The van der Waals surface area contributed by atoms with Crippen LogP contribution in [0.3, 0.4) is 0 Å². The average molecular weight is 205 g/mol. The summed E-state index contributed by atoms with van der Waals surface area (Å²) < 4.78 is 0. The van der Waals surface area contributed by atoms with Gasteiger partial charge in [-0.25, -0.2) is 0 Å². The summed E-state index contributed by atoms with van der Waals surface area (Å²) in [6.07, 6.45) is 0. The molecule has 1 N–H and O–H groups in total. The summed E-state index contributed by atoms with van der Waals surface area (Å²) in [7, 11) is 0. The minimum absolute atomic E-state index is 0.0816. The maximum absolute atomic E-state index is 12.2. The van der Waals surface area contributed by atoms with Crippen molar-refractivity contribution in [3.8, 4) is 0 Å². The highest BCUT2D eigenvalue weighted by Gasteiger charge is 2.95. The molecule has 2 heteroatoms. The van der Waals surface area contributed by atoms with Gasteiger partial charge in [-0.3, -0.25) is 4.79 Å². The quantitative estimate of drug-likeness (QED) is 0.604. The smallest absolute Gasteiger partial charge is 0.228 e. The van der Waals surface area contributed by atoms with Crippen LogP contribution >= 0.6 is 0 Å². The lowest BCUT2D eigenvalue weighted by Gasteiger charge is -2.31. The maximum atomic E-state index is 12.2. The topological polar surface area (TPSA) is 29.1 Å². The van der Waals surface area contributed by atoms with Crippen molar-refractivity contribution < 1.29 is 4.79 Å². The number of amides is 1. The third-order valence-electron chi connectivity index (χ3n) is 6.82. The van der Waals surface area contributed by atoms with E-state index in [1.54, 1.807) is 0 Å². The van der Waals surface area contributed by atoms with E-state index in [0.717, 1.165) is 0 Å². The third-order valence-corrected chi connectivity index (χ3v) is 6.82. The van der Waals surface area contributed by atoms with Crippen molar-refractivity contribution in [3.63, 3.8) is 0 Å². The molecule has 1 saturated carbocycles. The van der Waals surface area contributed by atoms with Crippen LogP contribution in [0.15, 0.2) is 11.1 Å². The lowest BCUT2D eigenvalue weighted by molar-refractivity contribution is -0.125. The van der Waals surface area contributed by atoms with E-state index in [4.69, 9.17) is 0 Å². The van der Waals surface area contributed by atoms with Crippen LogP contribution in [-0.2, 0) is 4.79 Å². The molecule has 4 atom stereocenters. The number of hydrogen-bond acceptors (Lipinski definition) is 1. The number of carbonyl (C=O) groups is 1. The molecule has 2 nitrogen and oxygen atoms in total. The number of hydrogen-bond donors (Lipinski definition) is 1. The molecule has 0 radical (unpaired) electrons. The molecule has 2 aliphatic carbocycles. The molecule has 0 spiro atoms. The van der Waals surface area contributed by atoms with Crippen molar-refractivity contribution in [2.45, 2.75) is 47.1 Å². The first-order chi connectivity index (χ1) is 6.69. The number of fused-ring (bicyclic) bond motifs is 1. The molecule has 1 heterocycles. The van der Waals surface area contributed by atoms with Crippen LogP contribution in [0.2, 0.25) is 0 Å². The zero-order valence-corrected chi connectivity index (χ0v) is 10.4. The molecular weight excluding hydrogens is 186 g/mol. The maximum Gasteiger partial charge on any atom is 0.228 e. The van der Waals surface area contributed by atoms with E-state index in [2.05, 4.69) is 46.9 Å². The predicted octanol–water partition coefficient (Wildman–Crippen LogP) is 2.26. The van der Waals surface area contributed by atoms with Crippen LogP contribution in [-0.4, -0.2) is 11.4 Å². The Hall–Kier alpha value is -0.790. The van der Waals surface area contributed by atoms with Gasteiger partial charge in [-0.15, -0.1) is 0 Å². The standard InChI is InChI=1S/C13H19NO/c1-7-8(2)12(5)13(6)10(7,3)11(13,4)9(15)14-12/h1-6H3,(H,14,15)/t10-,11-,12-,13-/m0/s1. The van der Waals surface area contributed by atoms with Crippen LogP contribution in [0.1, 0.15) is 41.5 Å². The van der Waals surface area contributed by atoms with E-state index in [0.29, 0.717) is 0 Å². The van der Waals surface area contributed by atoms with Gasteiger partial charge in [-0.05, 0) is 33.3 Å². The Morgan fingerprint density at radius 1 is 0.933 bits per heavy atom. The summed E-state index contributed by atoms with van der Waals surface area (Å²) in [6, 6.07) is 0. The number of rotatable bonds is 0. The van der Waals surface area contributed by atoms with E-state index in [1.807, 2.05) is 0 Å².